The van der Waals surface area contributed by atoms with Gasteiger partial charge in [-0.2, -0.15) is 0 Å². The van der Waals surface area contributed by atoms with Gasteiger partial charge in [0.2, 0.25) is 0 Å². The lowest BCUT2D eigenvalue weighted by Gasteiger charge is -2.14. The topological polar surface area (TPSA) is 17.1 Å². The van der Waals surface area contributed by atoms with Crippen LogP contribution in [0.15, 0.2) is 24.3 Å². The van der Waals surface area contributed by atoms with Crippen LogP contribution in [-0.2, 0) is 4.79 Å². The molecule has 0 bridgehead atoms. The normalized spacial score (nSPS) is 21.6. The summed E-state index contributed by atoms with van der Waals surface area (Å²) in [6, 6.07) is 0. The first kappa shape index (κ1) is 8.25. The summed E-state index contributed by atoms with van der Waals surface area (Å²) in [6.45, 7) is 7.59. The second kappa shape index (κ2) is 2.65. The number of allylic oxidation sites excluding steroid dienone is 3. The van der Waals surface area contributed by atoms with Crippen molar-refractivity contribution in [3.63, 3.8) is 0 Å². The molecule has 60 valence electrons. The summed E-state index contributed by atoms with van der Waals surface area (Å²) in [5.41, 5.74) is 0.781. The number of carbonyl (C=O) groups is 1. The first-order chi connectivity index (χ1) is 5.08. The van der Waals surface area contributed by atoms with Crippen molar-refractivity contribution in [1.82, 2.24) is 0 Å². The molecule has 0 radical (unpaired) electrons. The van der Waals surface area contributed by atoms with E-state index in [1.54, 1.807) is 6.08 Å². The van der Waals surface area contributed by atoms with Gasteiger partial charge in [0.15, 0.2) is 5.78 Å². The Bertz CT molecular complexity index is 221. The van der Waals surface area contributed by atoms with E-state index in [1.807, 2.05) is 19.9 Å². The van der Waals surface area contributed by atoms with Crippen LogP contribution in [0.5, 0.6) is 0 Å². The summed E-state index contributed by atoms with van der Waals surface area (Å²) >= 11 is 0. The molecule has 1 aliphatic carbocycles. The summed E-state index contributed by atoms with van der Waals surface area (Å²) in [4.78, 5) is 11.5. The first-order valence-electron chi connectivity index (χ1n) is 3.92. The quantitative estimate of drug-likeness (QED) is 0.553. The fourth-order valence-electron chi connectivity index (χ4n) is 1.33. The summed E-state index contributed by atoms with van der Waals surface area (Å²) in [7, 11) is 0. The predicted octanol–water partition coefficient (Wildman–Crippen LogP) is 2.49. The van der Waals surface area contributed by atoms with Gasteiger partial charge in [0, 0.05) is 5.41 Å². The number of rotatable bonds is 2. The van der Waals surface area contributed by atoms with Crippen LogP contribution in [0.1, 0.15) is 26.7 Å². The van der Waals surface area contributed by atoms with Crippen LogP contribution in [-0.4, -0.2) is 5.78 Å². The molecule has 1 heteroatoms. The van der Waals surface area contributed by atoms with E-state index in [0.29, 0.717) is 0 Å². The third-order valence-electron chi connectivity index (χ3n) is 2.13. The first-order valence-corrected chi connectivity index (χ1v) is 3.92. The minimum absolute atomic E-state index is 0.154. The smallest absolute Gasteiger partial charge is 0.164 e. The Morgan fingerprint density at radius 3 is 2.73 bits per heavy atom. The van der Waals surface area contributed by atoms with Crippen LogP contribution < -0.4 is 0 Å². The van der Waals surface area contributed by atoms with Gasteiger partial charge in [-0.05, 0) is 18.4 Å². The van der Waals surface area contributed by atoms with Gasteiger partial charge in [0.05, 0.1) is 0 Å². The van der Waals surface area contributed by atoms with E-state index in [4.69, 9.17) is 0 Å². The maximum Gasteiger partial charge on any atom is 0.164 e. The third kappa shape index (κ3) is 1.42. The highest BCUT2D eigenvalue weighted by Gasteiger charge is 2.33. The van der Waals surface area contributed by atoms with Crippen LogP contribution >= 0.6 is 0 Å². The predicted molar refractivity (Wildman–Crippen MR) is 46.3 cm³/mol. The number of Topliss-reactive ketones (excluding diaryl/α,β-unsaturated/α-hetero) is 1. The van der Waals surface area contributed by atoms with Gasteiger partial charge in [0.25, 0.3) is 0 Å². The van der Waals surface area contributed by atoms with Gasteiger partial charge in [-0.3, -0.25) is 4.79 Å². The Morgan fingerprint density at radius 2 is 2.36 bits per heavy atom. The summed E-state index contributed by atoms with van der Waals surface area (Å²) in [5, 5.41) is 0. The molecule has 1 nitrogen and oxygen atoms in total. The Labute approximate surface area is 67.8 Å². The molecule has 0 atom stereocenters. The van der Waals surface area contributed by atoms with Crippen LogP contribution in [0.25, 0.3) is 0 Å². The van der Waals surface area contributed by atoms with E-state index in [0.717, 1.165) is 18.4 Å². The highest BCUT2D eigenvalue weighted by Crippen LogP contribution is 2.33. The van der Waals surface area contributed by atoms with E-state index >= 15 is 0 Å². The molecule has 1 aliphatic rings. The van der Waals surface area contributed by atoms with Crippen LogP contribution in [0.3, 0.4) is 0 Å². The minimum Gasteiger partial charge on any atom is -0.294 e. The van der Waals surface area contributed by atoms with E-state index in [-0.39, 0.29) is 11.2 Å². The molecule has 0 spiro atoms. The zero-order chi connectivity index (χ0) is 8.48. The largest absolute Gasteiger partial charge is 0.294 e. The molecule has 0 saturated carbocycles. The van der Waals surface area contributed by atoms with Gasteiger partial charge in [-0.25, -0.2) is 0 Å². The van der Waals surface area contributed by atoms with Gasteiger partial charge in [-0.1, -0.05) is 26.0 Å². The van der Waals surface area contributed by atoms with E-state index in [2.05, 4.69) is 6.58 Å². The summed E-state index contributed by atoms with van der Waals surface area (Å²) in [6.07, 6.45) is 5.42. The third-order valence-corrected chi connectivity index (χ3v) is 2.13. The van der Waals surface area contributed by atoms with Crippen molar-refractivity contribution in [2.45, 2.75) is 26.7 Å². The highest BCUT2D eigenvalue weighted by atomic mass is 16.1. The zero-order valence-corrected chi connectivity index (χ0v) is 7.18. The molecule has 0 unspecified atom stereocenters. The molecule has 0 aromatic rings. The van der Waals surface area contributed by atoms with Gasteiger partial charge in [0.1, 0.15) is 0 Å². The highest BCUT2D eigenvalue weighted by molar-refractivity contribution is 6.01. The Hall–Kier alpha value is -0.850. The molecule has 0 amide bonds. The van der Waals surface area contributed by atoms with Crippen molar-refractivity contribution < 1.29 is 4.79 Å². The minimum atomic E-state index is -0.154. The fourth-order valence-corrected chi connectivity index (χ4v) is 1.33. The molecular formula is C10H14O. The molecule has 0 saturated heterocycles. The molecule has 11 heavy (non-hydrogen) atoms. The van der Waals surface area contributed by atoms with Gasteiger partial charge < -0.3 is 0 Å². The van der Waals surface area contributed by atoms with Crippen molar-refractivity contribution in [2.24, 2.45) is 5.41 Å². The lowest BCUT2D eigenvalue weighted by molar-refractivity contribution is -0.122. The zero-order valence-electron chi connectivity index (χ0n) is 7.18. The van der Waals surface area contributed by atoms with Crippen molar-refractivity contribution in [1.29, 1.82) is 0 Å². The second-order valence-corrected chi connectivity index (χ2v) is 3.64. The summed E-state index contributed by atoms with van der Waals surface area (Å²) < 4.78 is 0. The SMILES string of the molecule is C=CCC1=CCC(C)(C)C1=O. The van der Waals surface area contributed by atoms with Crippen LogP contribution in [0.2, 0.25) is 0 Å². The standard InChI is InChI=1S/C10H14O/c1-4-5-8-6-7-10(2,3)9(8)11/h4,6H,1,5,7H2,2-3H3. The lowest BCUT2D eigenvalue weighted by Crippen LogP contribution is -2.19. The summed E-state index contributed by atoms with van der Waals surface area (Å²) in [5.74, 6) is 0.289. The lowest BCUT2D eigenvalue weighted by atomic mass is 9.88. The second-order valence-electron chi connectivity index (χ2n) is 3.64. The molecule has 0 aliphatic heterocycles. The molecule has 1 rings (SSSR count). The van der Waals surface area contributed by atoms with Crippen molar-refractivity contribution in [2.75, 3.05) is 0 Å². The molecule has 0 heterocycles. The van der Waals surface area contributed by atoms with Crippen molar-refractivity contribution >= 4 is 5.78 Å². The van der Waals surface area contributed by atoms with E-state index < -0.39 is 0 Å². The van der Waals surface area contributed by atoms with Gasteiger partial charge >= 0.3 is 0 Å². The Kier molecular flexibility index (Phi) is 1.99. The fraction of sp³-hybridized carbons (Fsp3) is 0.500. The maximum absolute atomic E-state index is 11.5. The Morgan fingerprint density at radius 1 is 1.73 bits per heavy atom. The average Bonchev–Trinajstić information content (AvgIpc) is 2.17. The van der Waals surface area contributed by atoms with E-state index in [1.165, 1.54) is 0 Å². The monoisotopic (exact) mass is 150 g/mol. The maximum atomic E-state index is 11.5. The average molecular weight is 150 g/mol. The molecule has 0 N–H and O–H groups in total. The van der Waals surface area contributed by atoms with Crippen molar-refractivity contribution in [3.8, 4) is 0 Å². The molecule has 0 fully saturated rings. The molecule has 0 aromatic carbocycles. The number of ketones is 1. The van der Waals surface area contributed by atoms with Crippen LogP contribution in [0.4, 0.5) is 0 Å². The van der Waals surface area contributed by atoms with Crippen molar-refractivity contribution in [3.05, 3.63) is 24.3 Å². The van der Waals surface area contributed by atoms with Gasteiger partial charge in [-0.15, -0.1) is 6.58 Å². The molecule has 0 aromatic heterocycles. The molecular weight excluding hydrogens is 136 g/mol. The number of carbonyl (C=O) groups excluding carboxylic acids is 1. The van der Waals surface area contributed by atoms with E-state index in [9.17, 15) is 4.79 Å². The number of hydrogen-bond acceptors (Lipinski definition) is 1. The van der Waals surface area contributed by atoms with Crippen LogP contribution in [0, 0.1) is 5.41 Å². The Balaban J connectivity index is 2.74. The number of hydrogen-bond donors (Lipinski definition) is 0.